The van der Waals surface area contributed by atoms with Gasteiger partial charge in [-0.1, -0.05) is 27.7 Å². The molecule has 3 heteroatoms. The van der Waals surface area contributed by atoms with E-state index in [4.69, 9.17) is 9.47 Å². The Morgan fingerprint density at radius 2 is 1.92 bits per heavy atom. The normalized spacial score (nSPS) is 11.4. The van der Waals surface area contributed by atoms with Crippen molar-refractivity contribution < 1.29 is 14.3 Å². The van der Waals surface area contributed by atoms with E-state index in [0.717, 1.165) is 6.42 Å². The molecule has 0 spiro atoms. The molecule has 0 saturated heterocycles. The smallest absolute Gasteiger partial charge is 0.332 e. The first-order valence-corrected chi connectivity index (χ1v) is 4.69. The summed E-state index contributed by atoms with van der Waals surface area (Å²) in [6.07, 6.45) is 0.923. The van der Waals surface area contributed by atoms with Gasteiger partial charge in [0.1, 0.15) is 6.61 Å². The molecule has 0 aliphatic rings. The highest BCUT2D eigenvalue weighted by molar-refractivity contribution is 5.70. The van der Waals surface area contributed by atoms with Crippen LogP contribution in [0, 0.1) is 5.41 Å². The summed E-state index contributed by atoms with van der Waals surface area (Å²) in [5.74, 6) is -0.275. The van der Waals surface area contributed by atoms with Gasteiger partial charge in [0.15, 0.2) is 0 Å². The van der Waals surface area contributed by atoms with Crippen molar-refractivity contribution in [2.75, 3.05) is 19.8 Å². The third kappa shape index (κ3) is 9.34. The second kappa shape index (κ2) is 5.97. The van der Waals surface area contributed by atoms with Crippen molar-refractivity contribution in [3.8, 4) is 0 Å². The topological polar surface area (TPSA) is 35.5 Å². The fourth-order valence-electron chi connectivity index (χ4n) is 0.639. The van der Waals surface area contributed by atoms with Crippen molar-refractivity contribution >= 4 is 5.97 Å². The molecule has 0 aromatic rings. The number of esters is 1. The molecule has 0 fully saturated rings. The van der Waals surface area contributed by atoms with Crippen LogP contribution in [0.1, 0.15) is 34.1 Å². The van der Waals surface area contributed by atoms with Gasteiger partial charge in [0.2, 0.25) is 0 Å². The molecule has 0 saturated carbocycles. The van der Waals surface area contributed by atoms with Gasteiger partial charge in [0.05, 0.1) is 6.61 Å². The van der Waals surface area contributed by atoms with Crippen molar-refractivity contribution in [3.05, 3.63) is 0 Å². The lowest BCUT2D eigenvalue weighted by molar-refractivity contribution is -0.151. The van der Waals surface area contributed by atoms with Crippen LogP contribution in [-0.2, 0) is 14.3 Å². The van der Waals surface area contributed by atoms with Crippen LogP contribution in [0.5, 0.6) is 0 Å². The first-order valence-electron chi connectivity index (χ1n) is 4.69. The average Bonchev–Trinajstić information content (AvgIpc) is 2.00. The zero-order valence-corrected chi connectivity index (χ0v) is 9.05. The van der Waals surface area contributed by atoms with E-state index >= 15 is 0 Å². The third-order valence-electron chi connectivity index (χ3n) is 1.23. The lowest BCUT2D eigenvalue weighted by Crippen LogP contribution is -2.21. The molecule has 0 aliphatic carbocycles. The summed E-state index contributed by atoms with van der Waals surface area (Å²) in [6, 6.07) is 0. The second-order valence-electron chi connectivity index (χ2n) is 4.27. The molecule has 0 radical (unpaired) electrons. The minimum atomic E-state index is -0.275. The van der Waals surface area contributed by atoms with E-state index in [2.05, 4.69) is 0 Å². The maximum atomic E-state index is 11.0. The Bertz CT molecular complexity index is 147. The highest BCUT2D eigenvalue weighted by Crippen LogP contribution is 2.12. The zero-order valence-electron chi connectivity index (χ0n) is 9.05. The molecule has 0 rings (SSSR count). The fourth-order valence-corrected chi connectivity index (χ4v) is 0.639. The van der Waals surface area contributed by atoms with E-state index in [9.17, 15) is 4.79 Å². The maximum absolute atomic E-state index is 11.0. The largest absolute Gasteiger partial charge is 0.463 e. The summed E-state index contributed by atoms with van der Waals surface area (Å²) < 4.78 is 10.0. The molecule has 0 N–H and O–H groups in total. The Hall–Kier alpha value is -0.570. The molecule has 0 atom stereocenters. The van der Waals surface area contributed by atoms with Crippen LogP contribution in [0.25, 0.3) is 0 Å². The van der Waals surface area contributed by atoms with Gasteiger partial charge in [-0.05, 0) is 11.8 Å². The Morgan fingerprint density at radius 3 is 2.38 bits per heavy atom. The molecule has 78 valence electrons. The number of hydrogen-bond acceptors (Lipinski definition) is 3. The van der Waals surface area contributed by atoms with Gasteiger partial charge < -0.3 is 9.47 Å². The van der Waals surface area contributed by atoms with Crippen molar-refractivity contribution in [3.63, 3.8) is 0 Å². The van der Waals surface area contributed by atoms with Gasteiger partial charge in [-0.25, -0.2) is 4.79 Å². The van der Waals surface area contributed by atoms with Crippen molar-refractivity contribution in [2.24, 2.45) is 5.41 Å². The van der Waals surface area contributed by atoms with Crippen molar-refractivity contribution in [1.29, 1.82) is 0 Å². The van der Waals surface area contributed by atoms with Crippen LogP contribution in [0.3, 0.4) is 0 Å². The lowest BCUT2D eigenvalue weighted by atomic mass is 9.99. The number of carbonyl (C=O) groups is 1. The number of rotatable bonds is 5. The second-order valence-corrected chi connectivity index (χ2v) is 4.27. The third-order valence-corrected chi connectivity index (χ3v) is 1.23. The van der Waals surface area contributed by atoms with Crippen LogP contribution in [0.15, 0.2) is 0 Å². The molecule has 0 bridgehead atoms. The summed E-state index contributed by atoms with van der Waals surface area (Å²) in [5, 5.41) is 0. The molecule has 0 aromatic carbocycles. The highest BCUT2D eigenvalue weighted by atomic mass is 16.6. The standard InChI is InChI=1S/C10H20O3/c1-5-6-12-7-9(11)13-8-10(2,3)4/h5-8H2,1-4H3. The summed E-state index contributed by atoms with van der Waals surface area (Å²) in [4.78, 5) is 11.0. The van der Waals surface area contributed by atoms with E-state index in [1.807, 2.05) is 27.7 Å². The Labute approximate surface area is 80.4 Å². The number of ether oxygens (including phenoxy) is 2. The van der Waals surface area contributed by atoms with Crippen molar-refractivity contribution in [2.45, 2.75) is 34.1 Å². The minimum absolute atomic E-state index is 0.0282. The van der Waals surface area contributed by atoms with E-state index in [0.29, 0.717) is 13.2 Å². The average molecular weight is 188 g/mol. The van der Waals surface area contributed by atoms with Crippen molar-refractivity contribution in [1.82, 2.24) is 0 Å². The maximum Gasteiger partial charge on any atom is 0.332 e. The summed E-state index contributed by atoms with van der Waals surface area (Å²) in [7, 11) is 0. The van der Waals surface area contributed by atoms with Crippen LogP contribution in [-0.4, -0.2) is 25.8 Å². The van der Waals surface area contributed by atoms with Gasteiger partial charge in [0, 0.05) is 6.61 Å². The van der Waals surface area contributed by atoms with Gasteiger partial charge >= 0.3 is 5.97 Å². The Morgan fingerprint density at radius 1 is 1.31 bits per heavy atom. The summed E-state index contributed by atoms with van der Waals surface area (Å²) >= 11 is 0. The molecular weight excluding hydrogens is 168 g/mol. The summed E-state index contributed by atoms with van der Waals surface area (Å²) in [5.41, 5.74) is 0.0282. The zero-order chi connectivity index (χ0) is 10.3. The first kappa shape index (κ1) is 12.4. The van der Waals surface area contributed by atoms with Gasteiger partial charge in [0.25, 0.3) is 0 Å². The predicted octanol–water partition coefficient (Wildman–Crippen LogP) is 2.00. The number of carbonyl (C=O) groups excluding carboxylic acids is 1. The Balaban J connectivity index is 3.41. The minimum Gasteiger partial charge on any atom is -0.463 e. The molecule has 13 heavy (non-hydrogen) atoms. The van der Waals surface area contributed by atoms with E-state index in [-0.39, 0.29) is 18.0 Å². The van der Waals surface area contributed by atoms with E-state index in [1.165, 1.54) is 0 Å². The van der Waals surface area contributed by atoms with Crippen LogP contribution in [0.4, 0.5) is 0 Å². The van der Waals surface area contributed by atoms with Gasteiger partial charge in [-0.15, -0.1) is 0 Å². The van der Waals surface area contributed by atoms with Crippen LogP contribution < -0.4 is 0 Å². The van der Waals surface area contributed by atoms with E-state index < -0.39 is 0 Å². The number of hydrogen-bond donors (Lipinski definition) is 0. The molecular formula is C10H20O3. The van der Waals surface area contributed by atoms with Gasteiger partial charge in [-0.2, -0.15) is 0 Å². The molecule has 0 unspecified atom stereocenters. The van der Waals surface area contributed by atoms with Crippen LogP contribution in [0.2, 0.25) is 0 Å². The molecule has 0 aromatic heterocycles. The van der Waals surface area contributed by atoms with Crippen LogP contribution >= 0.6 is 0 Å². The SMILES string of the molecule is CCCOCC(=O)OCC(C)(C)C. The fraction of sp³-hybridized carbons (Fsp3) is 0.900. The van der Waals surface area contributed by atoms with Gasteiger partial charge in [-0.3, -0.25) is 0 Å². The first-order chi connectivity index (χ1) is 5.95. The molecule has 3 nitrogen and oxygen atoms in total. The predicted molar refractivity (Wildman–Crippen MR) is 51.5 cm³/mol. The Kier molecular flexibility index (Phi) is 5.71. The summed E-state index contributed by atoms with van der Waals surface area (Å²) in [6.45, 7) is 9.20. The van der Waals surface area contributed by atoms with E-state index in [1.54, 1.807) is 0 Å². The molecule has 0 aliphatic heterocycles. The molecule has 0 heterocycles. The monoisotopic (exact) mass is 188 g/mol. The highest BCUT2D eigenvalue weighted by Gasteiger charge is 2.13. The quantitative estimate of drug-likeness (QED) is 0.489. The lowest BCUT2D eigenvalue weighted by Gasteiger charge is -2.17. The molecule has 0 amide bonds.